The van der Waals surface area contributed by atoms with Crippen LogP contribution in [0.2, 0.25) is 0 Å². The number of nitrogens with one attached hydrogen (secondary N) is 1. The van der Waals surface area contributed by atoms with Gasteiger partial charge in [-0.05, 0) is 48.5 Å². The van der Waals surface area contributed by atoms with Gasteiger partial charge in [-0.15, -0.1) is 0 Å². The van der Waals surface area contributed by atoms with Crippen LogP contribution in [0.15, 0.2) is 66.7 Å². The van der Waals surface area contributed by atoms with Crippen LogP contribution in [-0.4, -0.2) is 32.1 Å². The predicted octanol–water partition coefficient (Wildman–Crippen LogP) is 3.89. The van der Waals surface area contributed by atoms with Gasteiger partial charge in [0.25, 0.3) is 5.91 Å². The molecule has 3 aromatic rings. The largest absolute Gasteiger partial charge is 0.465 e. The average Bonchev–Trinajstić information content (AvgIpc) is 2.79. The lowest BCUT2D eigenvalue weighted by atomic mass is 10.1. The van der Waals surface area contributed by atoms with Crippen molar-refractivity contribution in [1.82, 2.24) is 0 Å². The molecule has 0 atom stereocenters. The molecular weight excluding hydrogens is 400 g/mol. The summed E-state index contributed by atoms with van der Waals surface area (Å²) in [4.78, 5) is 36.6. The molecule has 0 radical (unpaired) electrons. The Kier molecular flexibility index (Phi) is 6.51. The number of esters is 2. The van der Waals surface area contributed by atoms with Gasteiger partial charge in [-0.25, -0.2) is 9.59 Å². The van der Waals surface area contributed by atoms with Gasteiger partial charge < -0.3 is 25.3 Å². The molecule has 0 aliphatic rings. The van der Waals surface area contributed by atoms with E-state index in [0.717, 1.165) is 0 Å². The van der Waals surface area contributed by atoms with Gasteiger partial charge in [-0.1, -0.05) is 18.2 Å². The lowest BCUT2D eigenvalue weighted by Gasteiger charge is -2.14. The van der Waals surface area contributed by atoms with E-state index in [4.69, 9.17) is 19.9 Å². The zero-order valence-electron chi connectivity index (χ0n) is 16.9. The number of nitrogens with two attached hydrogens (primary N) is 1. The standard InChI is InChI=1S/C23H20N2O6/c1-29-22(27)17-11-10-16(13-18(17)23(28)30-2)31-20-9-4-3-8-19(20)25-21(26)14-6-5-7-15(24)12-14/h3-13H,24H2,1-2H3,(H,25,26). The fourth-order valence-electron chi connectivity index (χ4n) is 2.81. The van der Waals surface area contributed by atoms with Crippen LogP contribution >= 0.6 is 0 Å². The Morgan fingerprint density at radius 3 is 2.23 bits per heavy atom. The van der Waals surface area contributed by atoms with Gasteiger partial charge in [-0.3, -0.25) is 4.79 Å². The summed E-state index contributed by atoms with van der Waals surface area (Å²) in [5.41, 5.74) is 7.05. The van der Waals surface area contributed by atoms with Crippen LogP contribution in [0.5, 0.6) is 11.5 Å². The third-order valence-electron chi connectivity index (χ3n) is 4.31. The molecule has 158 valence electrons. The molecule has 0 spiro atoms. The number of amides is 1. The minimum Gasteiger partial charge on any atom is -0.465 e. The van der Waals surface area contributed by atoms with E-state index in [1.807, 2.05) is 0 Å². The quantitative estimate of drug-likeness (QED) is 0.459. The number of hydrogen-bond acceptors (Lipinski definition) is 7. The molecule has 0 unspecified atom stereocenters. The van der Waals surface area contributed by atoms with E-state index in [1.165, 1.54) is 32.4 Å². The fraction of sp³-hybridized carbons (Fsp3) is 0.0870. The Bertz CT molecular complexity index is 1140. The summed E-state index contributed by atoms with van der Waals surface area (Å²) in [7, 11) is 2.42. The molecular formula is C23H20N2O6. The van der Waals surface area contributed by atoms with Crippen LogP contribution in [0.1, 0.15) is 31.1 Å². The van der Waals surface area contributed by atoms with Crippen molar-refractivity contribution in [2.45, 2.75) is 0 Å². The Morgan fingerprint density at radius 1 is 0.806 bits per heavy atom. The van der Waals surface area contributed by atoms with Crippen LogP contribution in [0.3, 0.4) is 0 Å². The van der Waals surface area contributed by atoms with Crippen LogP contribution in [-0.2, 0) is 9.47 Å². The monoisotopic (exact) mass is 420 g/mol. The first-order valence-corrected chi connectivity index (χ1v) is 9.17. The zero-order chi connectivity index (χ0) is 22.4. The molecule has 0 saturated heterocycles. The normalized spacial score (nSPS) is 10.1. The third-order valence-corrected chi connectivity index (χ3v) is 4.31. The highest BCUT2D eigenvalue weighted by Gasteiger charge is 2.20. The minimum atomic E-state index is -0.714. The van der Waals surface area contributed by atoms with Crippen molar-refractivity contribution >= 4 is 29.2 Å². The first-order valence-electron chi connectivity index (χ1n) is 9.17. The Labute approximate surface area is 178 Å². The summed E-state index contributed by atoms with van der Waals surface area (Å²) in [6, 6.07) is 17.7. The van der Waals surface area contributed by atoms with Crippen molar-refractivity contribution in [1.29, 1.82) is 0 Å². The van der Waals surface area contributed by atoms with Crippen molar-refractivity contribution < 1.29 is 28.6 Å². The van der Waals surface area contributed by atoms with Crippen LogP contribution in [0, 0.1) is 0 Å². The number of anilines is 2. The lowest BCUT2D eigenvalue weighted by molar-refractivity contribution is 0.0555. The predicted molar refractivity (Wildman–Crippen MR) is 114 cm³/mol. The first-order chi connectivity index (χ1) is 14.9. The smallest absolute Gasteiger partial charge is 0.338 e. The molecule has 1 amide bonds. The Hall–Kier alpha value is -4.33. The SMILES string of the molecule is COC(=O)c1ccc(Oc2ccccc2NC(=O)c2cccc(N)c2)cc1C(=O)OC. The number of carbonyl (C=O) groups is 3. The Morgan fingerprint density at radius 2 is 1.52 bits per heavy atom. The second-order valence-electron chi connectivity index (χ2n) is 6.37. The zero-order valence-corrected chi connectivity index (χ0v) is 16.9. The van der Waals surface area contributed by atoms with Gasteiger partial charge >= 0.3 is 11.9 Å². The number of carbonyl (C=O) groups excluding carboxylic acids is 3. The fourth-order valence-corrected chi connectivity index (χ4v) is 2.81. The van der Waals surface area contributed by atoms with Crippen molar-refractivity contribution in [3.63, 3.8) is 0 Å². The highest BCUT2D eigenvalue weighted by Crippen LogP contribution is 2.31. The van der Waals surface area contributed by atoms with Crippen molar-refractivity contribution in [2.24, 2.45) is 0 Å². The van der Waals surface area contributed by atoms with Gasteiger partial charge in [0.15, 0.2) is 5.75 Å². The number of hydrogen-bond donors (Lipinski definition) is 2. The molecule has 0 aliphatic carbocycles. The molecule has 0 saturated carbocycles. The lowest BCUT2D eigenvalue weighted by Crippen LogP contribution is -2.13. The van der Waals surface area contributed by atoms with Gasteiger partial charge in [-0.2, -0.15) is 0 Å². The number of para-hydroxylation sites is 2. The second kappa shape index (κ2) is 9.45. The molecule has 0 fully saturated rings. The summed E-state index contributed by atoms with van der Waals surface area (Å²) < 4.78 is 15.3. The minimum absolute atomic E-state index is 0.00636. The maximum absolute atomic E-state index is 12.6. The van der Waals surface area contributed by atoms with Crippen LogP contribution < -0.4 is 15.8 Å². The maximum Gasteiger partial charge on any atom is 0.338 e. The van der Waals surface area contributed by atoms with E-state index in [0.29, 0.717) is 22.7 Å². The molecule has 0 aromatic heterocycles. The molecule has 31 heavy (non-hydrogen) atoms. The molecule has 8 nitrogen and oxygen atoms in total. The molecule has 0 heterocycles. The summed E-state index contributed by atoms with van der Waals surface area (Å²) in [5, 5.41) is 2.78. The number of ether oxygens (including phenoxy) is 3. The number of nitrogen functional groups attached to an aromatic ring is 1. The summed E-state index contributed by atoms with van der Waals surface area (Å²) in [6.07, 6.45) is 0. The highest BCUT2D eigenvalue weighted by molar-refractivity contribution is 6.05. The maximum atomic E-state index is 12.6. The topological polar surface area (TPSA) is 117 Å². The van der Waals surface area contributed by atoms with Crippen LogP contribution in [0.25, 0.3) is 0 Å². The van der Waals surface area contributed by atoms with E-state index in [2.05, 4.69) is 5.32 Å². The molecule has 8 heteroatoms. The number of methoxy groups -OCH3 is 2. The van der Waals surface area contributed by atoms with Gasteiger partial charge in [0.1, 0.15) is 5.75 Å². The summed E-state index contributed by atoms with van der Waals surface area (Å²) in [6.45, 7) is 0. The van der Waals surface area contributed by atoms with Gasteiger partial charge in [0.05, 0.1) is 31.0 Å². The van der Waals surface area contributed by atoms with E-state index >= 15 is 0 Å². The second-order valence-corrected chi connectivity index (χ2v) is 6.37. The van der Waals surface area contributed by atoms with Crippen LogP contribution in [0.4, 0.5) is 11.4 Å². The van der Waals surface area contributed by atoms with E-state index < -0.39 is 11.9 Å². The number of benzene rings is 3. The van der Waals surface area contributed by atoms with Gasteiger partial charge in [0.2, 0.25) is 0 Å². The first kappa shape index (κ1) is 21.4. The van der Waals surface area contributed by atoms with E-state index in [-0.39, 0.29) is 22.8 Å². The molecule has 3 aromatic carbocycles. The highest BCUT2D eigenvalue weighted by atomic mass is 16.5. The van der Waals surface area contributed by atoms with Crippen molar-refractivity contribution in [3.8, 4) is 11.5 Å². The van der Waals surface area contributed by atoms with Gasteiger partial charge in [0, 0.05) is 11.3 Å². The van der Waals surface area contributed by atoms with Crippen molar-refractivity contribution in [3.05, 3.63) is 83.4 Å². The van der Waals surface area contributed by atoms with E-state index in [1.54, 1.807) is 48.5 Å². The third kappa shape index (κ3) is 4.99. The van der Waals surface area contributed by atoms with Crippen molar-refractivity contribution in [2.75, 3.05) is 25.3 Å². The number of rotatable bonds is 6. The molecule has 0 bridgehead atoms. The molecule has 0 aliphatic heterocycles. The Balaban J connectivity index is 1.89. The molecule has 3 rings (SSSR count). The van der Waals surface area contributed by atoms with E-state index in [9.17, 15) is 14.4 Å². The average molecular weight is 420 g/mol. The summed E-state index contributed by atoms with van der Waals surface area (Å²) >= 11 is 0. The molecule has 3 N–H and O–H groups in total. The summed E-state index contributed by atoms with van der Waals surface area (Å²) in [5.74, 6) is -1.16.